The number of hydrogen-bond acceptors (Lipinski definition) is 16. The first kappa shape index (κ1) is 69.4. The third-order valence-electron chi connectivity index (χ3n) is 12.3. The van der Waals surface area contributed by atoms with Gasteiger partial charge in [-0.2, -0.15) is 11.8 Å². The molecule has 0 aliphatic rings. The Kier molecular flexibility index (Phi) is 30.7. The molecule has 28 nitrogen and oxygen atoms in total. The number of carbonyl (C=O) groups excluding carboxylic acids is 11. The first-order chi connectivity index (χ1) is 38.2. The van der Waals surface area contributed by atoms with Crippen molar-refractivity contribution in [3.63, 3.8) is 0 Å². The molecule has 0 saturated heterocycles. The molecule has 1 aromatic carbocycles. The standard InChI is InChI=1S/C52H82N14O14S/c1-27(2)20-36(48(76)61-34(44(54)72)17-19-81-8)60-40(69)25-56-51(79)42(28(3)4)65-50(78)37(21-32-14-10-9-11-15-32)63-45(73)29(5)58-47(75)39(23-41(70)71)64-52(80)43(30(6)67)66-46(74)35(16-12-13-18-53)62-49(77)38(59-31(7)68)22-33-24-55-26-57-33/h9-11,14-15,24,26-30,34-39,42-43,67H,12-13,16-23,25,53H2,1-8H3,(H2,54,72)(H,55,57)(H,56,79)(H,58,75)(H,59,68)(H,60,69)(H,61,76)(H,62,77)(H,63,73)(H,64,80)(H,65,78)(H,66,74)(H,70,71)/t29-,30+,34-,35-,36-,37-,38-,39-,42-,43-/m0/s1. The minimum absolute atomic E-state index is 0.00352. The summed E-state index contributed by atoms with van der Waals surface area (Å²) in [6.07, 6.45) is 2.97. The van der Waals surface area contributed by atoms with Crippen molar-refractivity contribution in [1.29, 1.82) is 0 Å². The lowest BCUT2D eigenvalue weighted by atomic mass is 10.0. The summed E-state index contributed by atoms with van der Waals surface area (Å²) >= 11 is 1.46. The van der Waals surface area contributed by atoms with E-state index in [0.29, 0.717) is 29.9 Å². The predicted molar refractivity (Wildman–Crippen MR) is 297 cm³/mol. The van der Waals surface area contributed by atoms with Crippen LogP contribution in [0.4, 0.5) is 0 Å². The van der Waals surface area contributed by atoms with Gasteiger partial charge in [0.15, 0.2) is 0 Å². The van der Waals surface area contributed by atoms with E-state index < -0.39 is 150 Å². The molecule has 0 fully saturated rings. The molecule has 1 heterocycles. The van der Waals surface area contributed by atoms with Crippen molar-refractivity contribution in [3.8, 4) is 0 Å². The zero-order valence-electron chi connectivity index (χ0n) is 47.1. The number of carboxylic acids is 1. The van der Waals surface area contributed by atoms with Crippen LogP contribution >= 0.6 is 11.8 Å². The van der Waals surface area contributed by atoms with Crippen LogP contribution < -0.4 is 64.6 Å². The number of nitrogens with zero attached hydrogens (tertiary/aromatic N) is 1. The minimum Gasteiger partial charge on any atom is -0.481 e. The molecule has 10 atom stereocenters. The number of aromatic amines is 1. The van der Waals surface area contributed by atoms with Crippen molar-refractivity contribution in [2.75, 3.05) is 25.1 Å². The van der Waals surface area contributed by atoms with Crippen molar-refractivity contribution in [3.05, 3.63) is 54.1 Å². The number of hydrogen-bond donors (Lipinski definition) is 15. The van der Waals surface area contributed by atoms with E-state index in [1.54, 1.807) is 44.2 Å². The van der Waals surface area contributed by atoms with Gasteiger partial charge in [-0.25, -0.2) is 4.98 Å². The van der Waals surface area contributed by atoms with Crippen LogP contribution in [-0.4, -0.2) is 177 Å². The molecule has 450 valence electrons. The number of carboxylic acid groups (broad SMARTS) is 1. The molecule has 0 aliphatic carbocycles. The van der Waals surface area contributed by atoms with E-state index in [9.17, 15) is 67.7 Å². The van der Waals surface area contributed by atoms with Crippen molar-refractivity contribution >= 4 is 82.7 Å². The van der Waals surface area contributed by atoms with Gasteiger partial charge < -0.3 is 79.8 Å². The smallest absolute Gasteiger partial charge is 0.305 e. The molecule has 0 spiro atoms. The maximum absolute atomic E-state index is 14.1. The van der Waals surface area contributed by atoms with Gasteiger partial charge in [-0.1, -0.05) is 58.0 Å². The molecule has 0 saturated carbocycles. The summed E-state index contributed by atoms with van der Waals surface area (Å²) in [7, 11) is 0. The van der Waals surface area contributed by atoms with Crippen molar-refractivity contribution in [2.24, 2.45) is 23.3 Å². The number of amides is 11. The maximum Gasteiger partial charge on any atom is 0.305 e. The van der Waals surface area contributed by atoms with Crippen LogP contribution in [0.2, 0.25) is 0 Å². The highest BCUT2D eigenvalue weighted by Crippen LogP contribution is 2.11. The Balaban J connectivity index is 2.26. The number of nitrogens with two attached hydrogens (primary N) is 2. The first-order valence-electron chi connectivity index (χ1n) is 26.5. The number of aliphatic hydroxyl groups excluding tert-OH is 1. The quantitative estimate of drug-likeness (QED) is 0.0294. The highest BCUT2D eigenvalue weighted by molar-refractivity contribution is 7.98. The predicted octanol–water partition coefficient (Wildman–Crippen LogP) is -3.36. The summed E-state index contributed by atoms with van der Waals surface area (Å²) in [5.41, 5.74) is 12.2. The topological polar surface area (TPSA) is 446 Å². The molecule has 11 amide bonds. The van der Waals surface area contributed by atoms with E-state index in [4.69, 9.17) is 11.5 Å². The summed E-state index contributed by atoms with van der Waals surface area (Å²) in [4.78, 5) is 165. The Labute approximate surface area is 474 Å². The second-order valence-electron chi connectivity index (χ2n) is 20.2. The molecule has 2 aromatic rings. The Bertz CT molecular complexity index is 2430. The second-order valence-corrected chi connectivity index (χ2v) is 21.2. The van der Waals surface area contributed by atoms with Crippen LogP contribution in [0, 0.1) is 11.8 Å². The van der Waals surface area contributed by atoms with E-state index in [1.807, 2.05) is 20.1 Å². The number of aliphatic carboxylic acids is 1. The lowest BCUT2D eigenvalue weighted by molar-refractivity contribution is -0.142. The van der Waals surface area contributed by atoms with Crippen molar-refractivity contribution in [1.82, 2.24) is 63.1 Å². The largest absolute Gasteiger partial charge is 0.481 e. The van der Waals surface area contributed by atoms with Gasteiger partial charge in [0.05, 0.1) is 25.4 Å². The summed E-state index contributed by atoms with van der Waals surface area (Å²) in [6, 6.07) is -4.10. The van der Waals surface area contributed by atoms with E-state index in [-0.39, 0.29) is 44.6 Å². The molecule has 0 bridgehead atoms. The number of benzene rings is 1. The second kappa shape index (κ2) is 35.8. The van der Waals surface area contributed by atoms with Gasteiger partial charge in [-0.3, -0.25) is 57.5 Å². The summed E-state index contributed by atoms with van der Waals surface area (Å²) in [5, 5.41) is 45.2. The molecular weight excluding hydrogens is 1080 g/mol. The zero-order chi connectivity index (χ0) is 60.9. The molecule has 29 heteroatoms. The fraction of sp³-hybridized carbons (Fsp3) is 0.596. The number of nitrogens with one attached hydrogen (secondary N) is 11. The number of unbranched alkanes of at least 4 members (excludes halogenated alkanes) is 1. The molecule has 0 radical (unpaired) electrons. The van der Waals surface area contributed by atoms with Crippen molar-refractivity contribution in [2.45, 2.75) is 160 Å². The molecule has 1 aromatic heterocycles. The van der Waals surface area contributed by atoms with Crippen LogP contribution in [0.1, 0.15) is 98.2 Å². The van der Waals surface area contributed by atoms with Crippen LogP contribution in [0.15, 0.2) is 42.9 Å². The first-order valence-corrected chi connectivity index (χ1v) is 27.9. The maximum atomic E-state index is 14.1. The van der Waals surface area contributed by atoms with E-state index in [0.717, 1.165) is 6.92 Å². The van der Waals surface area contributed by atoms with Crippen molar-refractivity contribution < 1.29 is 67.7 Å². The average Bonchev–Trinajstić information content (AvgIpc) is 3.92. The monoisotopic (exact) mass is 1160 g/mol. The highest BCUT2D eigenvalue weighted by atomic mass is 32.2. The number of imidazole rings is 1. The molecule has 81 heavy (non-hydrogen) atoms. The summed E-state index contributed by atoms with van der Waals surface area (Å²) in [5.74, 6) is -11.1. The van der Waals surface area contributed by atoms with Crippen LogP contribution in [-0.2, 0) is 70.4 Å². The Morgan fingerprint density at radius 3 is 1.75 bits per heavy atom. The number of primary amides is 1. The van der Waals surface area contributed by atoms with Crippen LogP contribution in [0.3, 0.4) is 0 Å². The van der Waals surface area contributed by atoms with Gasteiger partial charge >= 0.3 is 5.97 Å². The third kappa shape index (κ3) is 26.0. The third-order valence-corrected chi connectivity index (χ3v) is 12.9. The van der Waals surface area contributed by atoms with Gasteiger partial charge in [0.1, 0.15) is 54.4 Å². The lowest BCUT2D eigenvalue weighted by Crippen LogP contribution is -2.62. The normalized spacial score (nSPS) is 14.8. The highest BCUT2D eigenvalue weighted by Gasteiger charge is 2.36. The fourth-order valence-electron chi connectivity index (χ4n) is 7.95. The van der Waals surface area contributed by atoms with Gasteiger partial charge in [0.2, 0.25) is 65.0 Å². The van der Waals surface area contributed by atoms with Gasteiger partial charge in [-0.05, 0) is 81.9 Å². The SMILES string of the molecule is CSCC[C@H](NC(=O)[C@H](CC(C)C)NC(=O)CNC(=O)[C@@H](NC(=O)[C@H](Cc1ccccc1)NC(=O)[C@H](C)NC(=O)[C@H](CC(=O)O)NC(=O)[C@@H](NC(=O)[C@H](CCCCN)NC(=O)[C@H](Cc1cnc[nH]1)NC(C)=O)[C@@H](C)O)C(C)C)C(N)=O. The number of thioether (sulfide) groups is 1. The molecule has 0 aliphatic heterocycles. The number of rotatable bonds is 37. The number of H-pyrrole nitrogens is 1. The van der Waals surface area contributed by atoms with E-state index in [1.165, 1.54) is 38.1 Å². The van der Waals surface area contributed by atoms with E-state index >= 15 is 0 Å². The number of aromatic nitrogens is 2. The number of aliphatic hydroxyl groups is 1. The Hall–Kier alpha value is -7.66. The van der Waals surface area contributed by atoms with Gasteiger partial charge in [-0.15, -0.1) is 0 Å². The van der Waals surface area contributed by atoms with Crippen LogP contribution in [0.25, 0.3) is 0 Å². The zero-order valence-corrected chi connectivity index (χ0v) is 47.9. The molecule has 0 unspecified atom stereocenters. The fourth-order valence-corrected chi connectivity index (χ4v) is 8.42. The van der Waals surface area contributed by atoms with Crippen LogP contribution in [0.5, 0.6) is 0 Å². The Morgan fingerprint density at radius 1 is 0.630 bits per heavy atom. The molecule has 17 N–H and O–H groups in total. The molecular formula is C52H82N14O14S. The molecule has 2 rings (SSSR count). The summed E-state index contributed by atoms with van der Waals surface area (Å²) < 4.78 is 0. The Morgan fingerprint density at radius 2 is 1.20 bits per heavy atom. The lowest BCUT2D eigenvalue weighted by Gasteiger charge is -2.28. The summed E-state index contributed by atoms with van der Waals surface area (Å²) in [6.45, 7) is 10.0. The van der Waals surface area contributed by atoms with Gasteiger partial charge in [0.25, 0.3) is 0 Å². The average molecular weight is 1160 g/mol. The minimum atomic E-state index is -1.91. The van der Waals surface area contributed by atoms with E-state index in [2.05, 4.69) is 63.1 Å². The van der Waals surface area contributed by atoms with Gasteiger partial charge in [0, 0.05) is 31.7 Å². The number of carbonyl (C=O) groups is 12.